The van der Waals surface area contributed by atoms with Gasteiger partial charge in [-0.25, -0.2) is 4.98 Å². The summed E-state index contributed by atoms with van der Waals surface area (Å²) in [7, 11) is 1.70. The maximum absolute atomic E-state index is 5.23. The molecule has 4 rings (SSSR count). The van der Waals surface area contributed by atoms with Crippen LogP contribution in [-0.2, 0) is 5.75 Å². The highest BCUT2D eigenvalue weighted by atomic mass is 32.2. The van der Waals surface area contributed by atoms with Crippen molar-refractivity contribution in [2.75, 3.05) is 7.11 Å². The maximum Gasteiger partial charge on any atom is 0.121 e. The van der Waals surface area contributed by atoms with Gasteiger partial charge in [-0.2, -0.15) is 0 Å². The molecule has 1 aliphatic rings. The first kappa shape index (κ1) is 11.9. The Morgan fingerprint density at radius 2 is 1.95 bits per heavy atom. The second-order valence-electron chi connectivity index (χ2n) is 4.82. The highest BCUT2D eigenvalue weighted by Gasteiger charge is 2.27. The minimum atomic E-state index is 0.309. The lowest BCUT2D eigenvalue weighted by atomic mass is 10.2. The van der Waals surface area contributed by atoms with Gasteiger partial charge >= 0.3 is 0 Å². The summed E-state index contributed by atoms with van der Waals surface area (Å²) in [5.41, 5.74) is 3.59. The normalized spacial score (nSPS) is 17.4. The van der Waals surface area contributed by atoms with E-state index in [2.05, 4.69) is 34.9 Å². The first-order valence-corrected chi connectivity index (χ1v) is 7.63. The Hall–Kier alpha value is -1.94. The lowest BCUT2D eigenvalue weighted by Crippen LogP contribution is -2.03. The molecule has 1 aromatic heterocycles. The van der Waals surface area contributed by atoms with Crippen LogP contribution in [0.4, 0.5) is 0 Å². The molecule has 1 aliphatic heterocycles. The molecule has 0 aliphatic carbocycles. The third kappa shape index (κ3) is 1.72. The smallest absolute Gasteiger partial charge is 0.121 e. The maximum atomic E-state index is 5.23. The summed E-state index contributed by atoms with van der Waals surface area (Å²) >= 11 is 1.92. The molecule has 20 heavy (non-hydrogen) atoms. The summed E-state index contributed by atoms with van der Waals surface area (Å²) in [6.45, 7) is 0. The fourth-order valence-corrected chi connectivity index (χ4v) is 3.94. The molecule has 4 heteroatoms. The van der Waals surface area contributed by atoms with Gasteiger partial charge in [0.15, 0.2) is 0 Å². The highest BCUT2D eigenvalue weighted by Crippen LogP contribution is 2.42. The molecule has 2 aromatic carbocycles. The number of imidazole rings is 1. The molecule has 0 saturated carbocycles. The zero-order valence-corrected chi connectivity index (χ0v) is 11.9. The van der Waals surface area contributed by atoms with Gasteiger partial charge in [-0.3, -0.25) is 0 Å². The van der Waals surface area contributed by atoms with Crippen molar-refractivity contribution in [3.8, 4) is 5.75 Å². The van der Waals surface area contributed by atoms with E-state index in [-0.39, 0.29) is 0 Å². The van der Waals surface area contributed by atoms with Crippen LogP contribution in [0.25, 0.3) is 11.0 Å². The summed E-state index contributed by atoms with van der Waals surface area (Å²) in [6.07, 6.45) is 0. The van der Waals surface area contributed by atoms with Crippen LogP contribution in [0.2, 0.25) is 0 Å². The largest absolute Gasteiger partial charge is 0.497 e. The van der Waals surface area contributed by atoms with Gasteiger partial charge in [0.25, 0.3) is 0 Å². The Morgan fingerprint density at radius 3 is 2.75 bits per heavy atom. The molecular formula is C16H14N2OS. The summed E-state index contributed by atoms with van der Waals surface area (Å²) in [5.74, 6) is 3.02. The molecule has 0 amide bonds. The molecule has 1 atom stereocenters. The molecule has 3 nitrogen and oxygen atoms in total. The summed E-state index contributed by atoms with van der Waals surface area (Å²) in [4.78, 5) is 4.72. The Kier molecular flexibility index (Phi) is 2.70. The summed E-state index contributed by atoms with van der Waals surface area (Å²) in [6, 6.07) is 16.7. The first-order valence-electron chi connectivity index (χ1n) is 6.58. The van der Waals surface area contributed by atoms with E-state index < -0.39 is 0 Å². The molecular weight excluding hydrogens is 268 g/mol. The van der Waals surface area contributed by atoms with Crippen LogP contribution in [0.3, 0.4) is 0 Å². The first-order chi connectivity index (χ1) is 9.86. The SMILES string of the molecule is COc1ccc([C@H]2SCc3nc4ccccc4n32)cc1. The number of nitrogens with zero attached hydrogens (tertiary/aromatic N) is 2. The molecule has 0 radical (unpaired) electrons. The van der Waals surface area contributed by atoms with Crippen molar-refractivity contribution in [2.24, 2.45) is 0 Å². The minimum absolute atomic E-state index is 0.309. The predicted octanol–water partition coefficient (Wildman–Crippen LogP) is 3.84. The second-order valence-corrected chi connectivity index (χ2v) is 5.89. The molecule has 100 valence electrons. The number of ether oxygens (including phenoxy) is 1. The van der Waals surface area contributed by atoms with Crippen LogP contribution < -0.4 is 4.74 Å². The van der Waals surface area contributed by atoms with Gasteiger partial charge in [-0.15, -0.1) is 11.8 Å². The highest BCUT2D eigenvalue weighted by molar-refractivity contribution is 7.99. The van der Waals surface area contributed by atoms with Crippen molar-refractivity contribution in [3.63, 3.8) is 0 Å². The second kappa shape index (κ2) is 4.56. The summed E-state index contributed by atoms with van der Waals surface area (Å²) in [5, 5.41) is 0.309. The minimum Gasteiger partial charge on any atom is -0.497 e. The van der Waals surface area contributed by atoms with Crippen LogP contribution >= 0.6 is 11.8 Å². The van der Waals surface area contributed by atoms with E-state index in [0.29, 0.717) is 5.37 Å². The van der Waals surface area contributed by atoms with Crippen molar-refractivity contribution in [1.82, 2.24) is 9.55 Å². The standard InChI is InChI=1S/C16H14N2OS/c1-19-12-8-6-11(7-9-12)16-18-14-5-3-2-4-13(14)17-15(18)10-20-16/h2-9,16H,10H2,1H3/t16-/m1/s1. The van der Waals surface area contributed by atoms with Crippen LogP contribution in [0.1, 0.15) is 16.8 Å². The van der Waals surface area contributed by atoms with Gasteiger partial charge < -0.3 is 9.30 Å². The lowest BCUT2D eigenvalue weighted by Gasteiger charge is -2.14. The van der Waals surface area contributed by atoms with Gasteiger partial charge in [-0.05, 0) is 29.8 Å². The van der Waals surface area contributed by atoms with E-state index in [1.54, 1.807) is 7.11 Å². The molecule has 0 saturated heterocycles. The third-order valence-corrected chi connectivity index (χ3v) is 4.90. The number of aromatic nitrogens is 2. The fraction of sp³-hybridized carbons (Fsp3) is 0.188. The molecule has 0 fully saturated rings. The van der Waals surface area contributed by atoms with Gasteiger partial charge in [0, 0.05) is 0 Å². The topological polar surface area (TPSA) is 27.1 Å². The average molecular weight is 282 g/mol. The number of thioether (sulfide) groups is 1. The van der Waals surface area contributed by atoms with Crippen LogP contribution in [0.15, 0.2) is 48.5 Å². The van der Waals surface area contributed by atoms with Gasteiger partial charge in [-0.1, -0.05) is 24.3 Å². The molecule has 3 aromatic rings. The van der Waals surface area contributed by atoms with Gasteiger partial charge in [0.05, 0.1) is 23.9 Å². The molecule has 2 heterocycles. The lowest BCUT2D eigenvalue weighted by molar-refractivity contribution is 0.414. The molecule has 0 bridgehead atoms. The van der Waals surface area contributed by atoms with Gasteiger partial charge in [0.2, 0.25) is 0 Å². The van der Waals surface area contributed by atoms with E-state index in [1.807, 2.05) is 30.0 Å². The van der Waals surface area contributed by atoms with Crippen molar-refractivity contribution in [2.45, 2.75) is 11.1 Å². The van der Waals surface area contributed by atoms with Crippen LogP contribution in [0, 0.1) is 0 Å². The number of rotatable bonds is 2. The molecule has 0 unspecified atom stereocenters. The number of benzene rings is 2. The van der Waals surface area contributed by atoms with E-state index in [0.717, 1.165) is 22.8 Å². The Morgan fingerprint density at radius 1 is 1.15 bits per heavy atom. The molecule has 0 N–H and O–H groups in total. The number of para-hydroxylation sites is 2. The van der Waals surface area contributed by atoms with E-state index in [1.165, 1.54) is 11.1 Å². The number of hydrogen-bond donors (Lipinski definition) is 0. The van der Waals surface area contributed by atoms with E-state index >= 15 is 0 Å². The Bertz CT molecular complexity index is 764. The van der Waals surface area contributed by atoms with E-state index in [9.17, 15) is 0 Å². The average Bonchev–Trinajstić information content (AvgIpc) is 3.06. The van der Waals surface area contributed by atoms with Crippen molar-refractivity contribution < 1.29 is 4.74 Å². The zero-order valence-electron chi connectivity index (χ0n) is 11.1. The monoisotopic (exact) mass is 282 g/mol. The number of fused-ring (bicyclic) bond motifs is 3. The van der Waals surface area contributed by atoms with Crippen molar-refractivity contribution in [1.29, 1.82) is 0 Å². The Balaban J connectivity index is 1.82. The fourth-order valence-electron chi connectivity index (χ4n) is 2.70. The van der Waals surface area contributed by atoms with Crippen molar-refractivity contribution in [3.05, 3.63) is 59.9 Å². The van der Waals surface area contributed by atoms with Crippen molar-refractivity contribution >= 4 is 22.8 Å². The van der Waals surface area contributed by atoms with Crippen LogP contribution in [-0.4, -0.2) is 16.7 Å². The van der Waals surface area contributed by atoms with Gasteiger partial charge in [0.1, 0.15) is 16.9 Å². The number of hydrogen-bond acceptors (Lipinski definition) is 3. The molecule has 0 spiro atoms. The zero-order chi connectivity index (χ0) is 13.5. The summed E-state index contributed by atoms with van der Waals surface area (Å²) < 4.78 is 7.58. The predicted molar refractivity (Wildman–Crippen MR) is 82.2 cm³/mol. The number of methoxy groups -OCH3 is 1. The quantitative estimate of drug-likeness (QED) is 0.714. The van der Waals surface area contributed by atoms with E-state index in [4.69, 9.17) is 9.72 Å². The van der Waals surface area contributed by atoms with Crippen LogP contribution in [0.5, 0.6) is 5.75 Å². The third-order valence-electron chi connectivity index (χ3n) is 3.67. The Labute approximate surface area is 121 Å².